The van der Waals surface area contributed by atoms with Gasteiger partial charge in [-0.3, -0.25) is 0 Å². The van der Waals surface area contributed by atoms with Crippen molar-refractivity contribution in [3.8, 4) is 0 Å². The van der Waals surface area contributed by atoms with Crippen LogP contribution < -0.4 is 4.90 Å². The summed E-state index contributed by atoms with van der Waals surface area (Å²) in [5.41, 5.74) is 2.10. The largest absolute Gasteiger partial charge is 0.369 e. The second kappa shape index (κ2) is 7.87. The second-order valence-electron chi connectivity index (χ2n) is 4.04. The Morgan fingerprint density at radius 3 is 2.20 bits per heavy atom. The molecule has 0 N–H and O–H groups in total. The quantitative estimate of drug-likeness (QED) is 0.583. The predicted molar refractivity (Wildman–Crippen MR) is 83.1 cm³/mol. The highest BCUT2D eigenvalue weighted by molar-refractivity contribution is 6.18. The lowest BCUT2D eigenvalue weighted by Gasteiger charge is -2.22. The van der Waals surface area contributed by atoms with E-state index < -0.39 is 0 Å². The van der Waals surface area contributed by atoms with Gasteiger partial charge in [-0.2, -0.15) is 5.10 Å². The summed E-state index contributed by atoms with van der Waals surface area (Å²) in [5, 5.41) is 11.6. The number of anilines is 1. The first kappa shape index (κ1) is 14.8. The Morgan fingerprint density at radius 1 is 1.05 bits per heavy atom. The SMILES string of the molecule is ClCCN(CCCl)c1ccc(C=Nn2cnnc2)cc1. The predicted octanol–water partition coefficient (Wildman–Crippen LogP) is 2.44. The van der Waals surface area contributed by atoms with Gasteiger partial charge in [-0.05, 0) is 17.7 Å². The van der Waals surface area contributed by atoms with Crippen LogP contribution in [0.2, 0.25) is 0 Å². The van der Waals surface area contributed by atoms with Gasteiger partial charge in [0.2, 0.25) is 0 Å². The van der Waals surface area contributed by atoms with Gasteiger partial charge in [0.05, 0.1) is 6.21 Å². The lowest BCUT2D eigenvalue weighted by atomic mass is 10.2. The van der Waals surface area contributed by atoms with Crippen LogP contribution in [0.5, 0.6) is 0 Å². The van der Waals surface area contributed by atoms with Crippen LogP contribution in [0, 0.1) is 0 Å². The summed E-state index contributed by atoms with van der Waals surface area (Å²) in [4.78, 5) is 2.15. The van der Waals surface area contributed by atoms with Crippen molar-refractivity contribution in [3.63, 3.8) is 0 Å². The van der Waals surface area contributed by atoms with Crippen molar-refractivity contribution in [2.24, 2.45) is 5.10 Å². The molecule has 0 bridgehead atoms. The minimum Gasteiger partial charge on any atom is -0.369 e. The number of benzene rings is 1. The highest BCUT2D eigenvalue weighted by atomic mass is 35.5. The molecule has 5 nitrogen and oxygen atoms in total. The third-order valence-corrected chi connectivity index (χ3v) is 3.05. The molecule has 0 fully saturated rings. The smallest absolute Gasteiger partial charge is 0.141 e. The summed E-state index contributed by atoms with van der Waals surface area (Å²) in [6.45, 7) is 1.56. The fourth-order valence-corrected chi connectivity index (χ4v) is 2.14. The number of aromatic nitrogens is 3. The number of nitrogens with zero attached hydrogens (tertiary/aromatic N) is 5. The van der Waals surface area contributed by atoms with Gasteiger partial charge in [-0.25, -0.2) is 4.68 Å². The van der Waals surface area contributed by atoms with Crippen molar-refractivity contribution in [2.45, 2.75) is 0 Å². The van der Waals surface area contributed by atoms with Crippen LogP contribution in [0.4, 0.5) is 5.69 Å². The molecular weight excluding hydrogens is 297 g/mol. The van der Waals surface area contributed by atoms with Crippen molar-refractivity contribution < 1.29 is 0 Å². The first-order valence-electron chi connectivity index (χ1n) is 6.19. The Balaban J connectivity index is 2.05. The van der Waals surface area contributed by atoms with Crippen LogP contribution in [-0.4, -0.2) is 45.9 Å². The maximum atomic E-state index is 5.80. The zero-order valence-electron chi connectivity index (χ0n) is 10.9. The summed E-state index contributed by atoms with van der Waals surface area (Å²) >= 11 is 11.6. The van der Waals surface area contributed by atoms with Gasteiger partial charge >= 0.3 is 0 Å². The number of rotatable bonds is 7. The minimum absolute atomic E-state index is 0.577. The molecule has 20 heavy (non-hydrogen) atoms. The van der Waals surface area contributed by atoms with Gasteiger partial charge in [0.15, 0.2) is 0 Å². The summed E-state index contributed by atoms with van der Waals surface area (Å²) in [5.74, 6) is 1.15. The molecular formula is C13H15Cl2N5. The molecule has 0 unspecified atom stereocenters. The molecule has 0 atom stereocenters. The molecule has 106 valence electrons. The molecule has 1 aromatic carbocycles. The topological polar surface area (TPSA) is 46.3 Å². The van der Waals surface area contributed by atoms with Crippen LogP contribution in [0.3, 0.4) is 0 Å². The Hall–Kier alpha value is -1.59. The average molecular weight is 312 g/mol. The van der Waals surface area contributed by atoms with Crippen molar-refractivity contribution >= 4 is 35.1 Å². The van der Waals surface area contributed by atoms with Gasteiger partial charge in [-0.15, -0.1) is 33.4 Å². The van der Waals surface area contributed by atoms with Crippen molar-refractivity contribution in [1.29, 1.82) is 0 Å². The zero-order valence-corrected chi connectivity index (χ0v) is 12.4. The van der Waals surface area contributed by atoms with Crippen LogP contribution in [-0.2, 0) is 0 Å². The Labute approximate surface area is 127 Å². The van der Waals surface area contributed by atoms with Crippen LogP contribution in [0.25, 0.3) is 0 Å². The molecule has 0 aliphatic rings. The molecule has 0 saturated carbocycles. The standard InChI is InChI=1S/C13H15Cl2N5/c14-5-7-19(8-6-15)13-3-1-12(2-4-13)9-18-20-10-16-17-11-20/h1-4,9-11H,5-8H2. The first-order chi connectivity index (χ1) is 9.83. The van der Waals surface area contributed by atoms with Gasteiger partial charge in [0.25, 0.3) is 0 Å². The van der Waals surface area contributed by atoms with Crippen LogP contribution >= 0.6 is 23.2 Å². The lowest BCUT2D eigenvalue weighted by molar-refractivity contribution is 0.873. The molecule has 0 aliphatic carbocycles. The van der Waals surface area contributed by atoms with E-state index in [1.807, 2.05) is 24.3 Å². The van der Waals surface area contributed by atoms with E-state index >= 15 is 0 Å². The molecule has 0 aliphatic heterocycles. The van der Waals surface area contributed by atoms with E-state index in [0.717, 1.165) is 24.3 Å². The Kier molecular flexibility index (Phi) is 5.83. The van der Waals surface area contributed by atoms with Crippen molar-refractivity contribution in [3.05, 3.63) is 42.5 Å². The molecule has 2 rings (SSSR count). The molecule has 1 heterocycles. The van der Waals surface area contributed by atoms with E-state index in [0.29, 0.717) is 11.8 Å². The summed E-state index contributed by atoms with van der Waals surface area (Å²) in [6, 6.07) is 8.07. The summed E-state index contributed by atoms with van der Waals surface area (Å²) in [6.07, 6.45) is 4.82. The van der Waals surface area contributed by atoms with Gasteiger partial charge in [0, 0.05) is 30.5 Å². The lowest BCUT2D eigenvalue weighted by Crippen LogP contribution is -2.27. The average Bonchev–Trinajstić information content (AvgIpc) is 2.99. The van der Waals surface area contributed by atoms with Crippen molar-refractivity contribution in [1.82, 2.24) is 14.9 Å². The molecule has 0 saturated heterocycles. The van der Waals surface area contributed by atoms with E-state index in [-0.39, 0.29) is 0 Å². The molecule has 1 aromatic heterocycles. The third-order valence-electron chi connectivity index (χ3n) is 2.71. The number of hydrogen-bond donors (Lipinski definition) is 0. The van der Waals surface area contributed by atoms with Gasteiger partial charge < -0.3 is 4.90 Å². The summed E-state index contributed by atoms with van der Waals surface area (Å²) < 4.78 is 1.54. The molecule has 0 spiro atoms. The number of halogens is 2. The first-order valence-corrected chi connectivity index (χ1v) is 7.26. The Morgan fingerprint density at radius 2 is 1.65 bits per heavy atom. The third kappa shape index (κ3) is 4.21. The van der Waals surface area contributed by atoms with E-state index in [2.05, 4.69) is 20.2 Å². The highest BCUT2D eigenvalue weighted by Gasteiger charge is 2.04. The van der Waals surface area contributed by atoms with E-state index in [4.69, 9.17) is 23.2 Å². The number of hydrogen-bond acceptors (Lipinski definition) is 4. The fraction of sp³-hybridized carbons (Fsp3) is 0.308. The fourth-order valence-electron chi connectivity index (χ4n) is 1.73. The highest BCUT2D eigenvalue weighted by Crippen LogP contribution is 2.15. The maximum absolute atomic E-state index is 5.80. The minimum atomic E-state index is 0.577. The van der Waals surface area contributed by atoms with Crippen molar-refractivity contribution in [2.75, 3.05) is 29.7 Å². The molecule has 0 amide bonds. The summed E-state index contributed by atoms with van der Waals surface area (Å²) in [7, 11) is 0. The van der Waals surface area contributed by atoms with Crippen LogP contribution in [0.15, 0.2) is 42.0 Å². The normalized spacial score (nSPS) is 11.1. The molecule has 0 radical (unpaired) electrons. The van der Waals surface area contributed by atoms with Gasteiger partial charge in [0.1, 0.15) is 12.7 Å². The van der Waals surface area contributed by atoms with Gasteiger partial charge in [-0.1, -0.05) is 12.1 Å². The molecule has 7 heteroatoms. The Bertz CT molecular complexity index is 518. The van der Waals surface area contributed by atoms with E-state index in [9.17, 15) is 0 Å². The zero-order chi connectivity index (χ0) is 14.2. The number of alkyl halides is 2. The van der Waals surface area contributed by atoms with E-state index in [1.165, 1.54) is 12.7 Å². The maximum Gasteiger partial charge on any atom is 0.141 e. The second-order valence-corrected chi connectivity index (χ2v) is 4.80. The van der Waals surface area contributed by atoms with E-state index in [1.54, 1.807) is 10.9 Å². The molecule has 2 aromatic rings. The monoisotopic (exact) mass is 311 g/mol. The van der Waals surface area contributed by atoms with Crippen LogP contribution in [0.1, 0.15) is 5.56 Å².